The number of anilines is 1. The number of halogens is 1. The first-order valence-electron chi connectivity index (χ1n) is 4.53. The number of rotatable bonds is 2. The molecule has 0 aliphatic heterocycles. The van der Waals surface area contributed by atoms with Crippen LogP contribution < -0.4 is 5.32 Å². The Kier molecular flexibility index (Phi) is 3.17. The van der Waals surface area contributed by atoms with Gasteiger partial charge in [-0.2, -0.15) is 4.37 Å². The summed E-state index contributed by atoms with van der Waals surface area (Å²) in [5, 5.41) is 3.53. The highest BCUT2D eigenvalue weighted by Gasteiger charge is 2.11. The minimum Gasteiger partial charge on any atom is -0.297 e. The third-order valence-corrected chi connectivity index (χ3v) is 2.92. The largest absolute Gasteiger partial charge is 0.297 e. The van der Waals surface area contributed by atoms with Crippen molar-refractivity contribution >= 4 is 34.2 Å². The second-order valence-corrected chi connectivity index (χ2v) is 4.24. The van der Waals surface area contributed by atoms with E-state index in [-0.39, 0.29) is 5.91 Å². The van der Waals surface area contributed by atoms with Crippen LogP contribution in [-0.4, -0.2) is 15.3 Å². The maximum atomic E-state index is 11.8. The highest BCUT2D eigenvalue weighted by atomic mass is 35.5. The van der Waals surface area contributed by atoms with Gasteiger partial charge in [-0.3, -0.25) is 10.1 Å². The summed E-state index contributed by atoms with van der Waals surface area (Å²) < 4.78 is 3.97. The molecule has 6 heteroatoms. The summed E-state index contributed by atoms with van der Waals surface area (Å²) in [5.74, 6) is 0.362. The van der Waals surface area contributed by atoms with Crippen molar-refractivity contribution in [2.75, 3.05) is 5.32 Å². The van der Waals surface area contributed by atoms with E-state index in [1.807, 2.05) is 0 Å². The minimum atomic E-state index is -0.276. The smallest absolute Gasteiger partial charge is 0.258 e. The SMILES string of the molecule is Cc1nsc(NC(=O)c2ccccc2Cl)n1. The molecule has 0 aliphatic rings. The molecular formula is C10H8ClN3OS. The van der Waals surface area contributed by atoms with E-state index in [1.54, 1.807) is 31.2 Å². The molecule has 0 aliphatic carbocycles. The van der Waals surface area contributed by atoms with Gasteiger partial charge in [-0.15, -0.1) is 0 Å². The Labute approximate surface area is 101 Å². The molecule has 16 heavy (non-hydrogen) atoms. The maximum absolute atomic E-state index is 11.8. The number of hydrogen-bond acceptors (Lipinski definition) is 4. The van der Waals surface area contributed by atoms with E-state index >= 15 is 0 Å². The van der Waals surface area contributed by atoms with Crippen LogP contribution in [0.15, 0.2) is 24.3 Å². The Morgan fingerprint density at radius 1 is 1.44 bits per heavy atom. The molecule has 1 aromatic carbocycles. The van der Waals surface area contributed by atoms with Crippen molar-refractivity contribution in [2.24, 2.45) is 0 Å². The first kappa shape index (κ1) is 11.0. The summed E-state index contributed by atoms with van der Waals surface area (Å²) in [7, 11) is 0. The molecule has 0 bridgehead atoms. The Bertz CT molecular complexity index is 526. The zero-order valence-electron chi connectivity index (χ0n) is 8.40. The molecule has 1 N–H and O–H groups in total. The van der Waals surface area contributed by atoms with Crippen LogP contribution in [0.5, 0.6) is 0 Å². The number of hydrogen-bond donors (Lipinski definition) is 1. The molecule has 82 valence electrons. The van der Waals surface area contributed by atoms with Crippen molar-refractivity contribution in [2.45, 2.75) is 6.92 Å². The molecule has 0 radical (unpaired) electrons. The number of aromatic nitrogens is 2. The standard InChI is InChI=1S/C10H8ClN3OS/c1-6-12-10(16-14-6)13-9(15)7-4-2-3-5-8(7)11/h2-5H,1H3,(H,12,13,14,15). The lowest BCUT2D eigenvalue weighted by molar-refractivity contribution is 0.102. The van der Waals surface area contributed by atoms with Crippen molar-refractivity contribution in [3.8, 4) is 0 Å². The normalized spacial score (nSPS) is 10.1. The number of carbonyl (C=O) groups excluding carboxylic acids is 1. The molecule has 0 atom stereocenters. The van der Waals surface area contributed by atoms with Crippen molar-refractivity contribution in [3.05, 3.63) is 40.7 Å². The van der Waals surface area contributed by atoms with E-state index < -0.39 is 0 Å². The van der Waals surface area contributed by atoms with Gasteiger partial charge in [0.2, 0.25) is 5.13 Å². The zero-order chi connectivity index (χ0) is 11.5. The van der Waals surface area contributed by atoms with Crippen LogP contribution in [0, 0.1) is 6.92 Å². The molecule has 2 rings (SSSR count). The number of nitrogens with one attached hydrogen (secondary N) is 1. The van der Waals surface area contributed by atoms with Crippen LogP contribution in [-0.2, 0) is 0 Å². The summed E-state index contributed by atoms with van der Waals surface area (Å²) in [6, 6.07) is 6.85. The fraction of sp³-hybridized carbons (Fsp3) is 0.100. The lowest BCUT2D eigenvalue weighted by Crippen LogP contribution is -2.12. The summed E-state index contributed by atoms with van der Waals surface area (Å²) >= 11 is 7.04. The highest BCUT2D eigenvalue weighted by Crippen LogP contribution is 2.17. The van der Waals surface area contributed by atoms with Crippen LogP contribution in [0.1, 0.15) is 16.2 Å². The lowest BCUT2D eigenvalue weighted by Gasteiger charge is -2.02. The summed E-state index contributed by atoms with van der Waals surface area (Å²) in [4.78, 5) is 15.8. The number of carbonyl (C=O) groups is 1. The second-order valence-electron chi connectivity index (χ2n) is 3.08. The third-order valence-electron chi connectivity index (χ3n) is 1.87. The van der Waals surface area contributed by atoms with Crippen molar-refractivity contribution in [1.29, 1.82) is 0 Å². The quantitative estimate of drug-likeness (QED) is 0.895. The predicted octanol–water partition coefficient (Wildman–Crippen LogP) is 2.75. The molecule has 0 saturated heterocycles. The van der Waals surface area contributed by atoms with Crippen LogP contribution in [0.4, 0.5) is 5.13 Å². The van der Waals surface area contributed by atoms with Gasteiger partial charge in [-0.1, -0.05) is 23.7 Å². The van der Waals surface area contributed by atoms with Gasteiger partial charge in [0.1, 0.15) is 5.82 Å². The Morgan fingerprint density at radius 2 is 2.19 bits per heavy atom. The van der Waals surface area contributed by atoms with E-state index in [9.17, 15) is 4.79 Å². The van der Waals surface area contributed by atoms with Gasteiger partial charge in [0, 0.05) is 11.5 Å². The van der Waals surface area contributed by atoms with Crippen LogP contribution >= 0.6 is 23.1 Å². The molecule has 1 aromatic heterocycles. The van der Waals surface area contributed by atoms with Gasteiger partial charge >= 0.3 is 0 Å². The van der Waals surface area contributed by atoms with Gasteiger partial charge in [0.05, 0.1) is 10.6 Å². The fourth-order valence-electron chi connectivity index (χ4n) is 1.16. The number of amides is 1. The zero-order valence-corrected chi connectivity index (χ0v) is 9.97. The molecule has 0 spiro atoms. The fourth-order valence-corrected chi connectivity index (χ4v) is 1.95. The van der Waals surface area contributed by atoms with E-state index in [2.05, 4.69) is 14.7 Å². The van der Waals surface area contributed by atoms with Gasteiger partial charge in [-0.05, 0) is 19.1 Å². The molecular weight excluding hydrogens is 246 g/mol. The highest BCUT2D eigenvalue weighted by molar-refractivity contribution is 7.09. The lowest BCUT2D eigenvalue weighted by atomic mass is 10.2. The Balaban J connectivity index is 2.18. The van der Waals surface area contributed by atoms with Crippen LogP contribution in [0.3, 0.4) is 0 Å². The first-order valence-corrected chi connectivity index (χ1v) is 5.68. The monoisotopic (exact) mass is 253 g/mol. The summed E-state index contributed by atoms with van der Waals surface area (Å²) in [5.41, 5.74) is 0.428. The van der Waals surface area contributed by atoms with E-state index in [4.69, 9.17) is 11.6 Å². The van der Waals surface area contributed by atoms with E-state index in [1.165, 1.54) is 0 Å². The van der Waals surface area contributed by atoms with Gasteiger partial charge in [0.25, 0.3) is 5.91 Å². The average molecular weight is 254 g/mol. The second kappa shape index (κ2) is 4.59. The van der Waals surface area contributed by atoms with Crippen molar-refractivity contribution in [3.63, 3.8) is 0 Å². The first-order chi connectivity index (χ1) is 7.66. The Hall–Kier alpha value is -1.46. The van der Waals surface area contributed by atoms with E-state index in [0.29, 0.717) is 21.5 Å². The number of aryl methyl sites for hydroxylation is 1. The van der Waals surface area contributed by atoms with Crippen molar-refractivity contribution in [1.82, 2.24) is 9.36 Å². The van der Waals surface area contributed by atoms with Crippen LogP contribution in [0.2, 0.25) is 5.02 Å². The predicted molar refractivity (Wildman–Crippen MR) is 64.1 cm³/mol. The number of nitrogens with zero attached hydrogens (tertiary/aromatic N) is 2. The maximum Gasteiger partial charge on any atom is 0.258 e. The molecule has 0 saturated carbocycles. The molecule has 0 fully saturated rings. The topological polar surface area (TPSA) is 54.9 Å². The van der Waals surface area contributed by atoms with Crippen molar-refractivity contribution < 1.29 is 4.79 Å². The van der Waals surface area contributed by atoms with Gasteiger partial charge in [-0.25, -0.2) is 4.98 Å². The molecule has 4 nitrogen and oxygen atoms in total. The summed E-state index contributed by atoms with van der Waals surface area (Å²) in [6.45, 7) is 1.77. The Morgan fingerprint density at radius 3 is 2.81 bits per heavy atom. The molecule has 1 amide bonds. The van der Waals surface area contributed by atoms with E-state index in [0.717, 1.165) is 11.5 Å². The molecule has 1 heterocycles. The van der Waals surface area contributed by atoms with Gasteiger partial charge < -0.3 is 0 Å². The third kappa shape index (κ3) is 2.37. The van der Waals surface area contributed by atoms with Crippen LogP contribution in [0.25, 0.3) is 0 Å². The molecule has 2 aromatic rings. The average Bonchev–Trinajstić information content (AvgIpc) is 2.64. The van der Waals surface area contributed by atoms with Gasteiger partial charge in [0.15, 0.2) is 0 Å². The summed E-state index contributed by atoms with van der Waals surface area (Å²) in [6.07, 6.45) is 0. The minimum absolute atomic E-state index is 0.276. The number of benzene rings is 1. The molecule has 0 unspecified atom stereocenters.